The minimum Gasteiger partial charge on any atom is -0.444 e. The Bertz CT molecular complexity index is 1340. The SMILES string of the molecule is CC1(C)COB(c2ccc(OC(Oc3ccc(B4OCCCO4)cc3)(c3ccccc3)c3ccccc3)cc2)OC1. The molecule has 0 saturated carbocycles. The molecule has 0 radical (unpaired) electrons. The largest absolute Gasteiger partial charge is 0.493 e. The van der Waals surface area contributed by atoms with E-state index >= 15 is 0 Å². The van der Waals surface area contributed by atoms with Crippen LogP contribution in [0.15, 0.2) is 109 Å². The third-order valence-electron chi connectivity index (χ3n) is 7.21. The summed E-state index contributed by atoms with van der Waals surface area (Å²) >= 11 is 0. The molecule has 2 aliphatic heterocycles. The summed E-state index contributed by atoms with van der Waals surface area (Å²) in [5.41, 5.74) is 3.63. The molecule has 6 nitrogen and oxygen atoms in total. The molecule has 0 amide bonds. The molecule has 0 bridgehead atoms. The van der Waals surface area contributed by atoms with Gasteiger partial charge in [-0.2, -0.15) is 0 Å². The number of ether oxygens (including phenoxy) is 2. The van der Waals surface area contributed by atoms with Crippen molar-refractivity contribution in [1.82, 2.24) is 0 Å². The van der Waals surface area contributed by atoms with Gasteiger partial charge in [-0.3, -0.25) is 0 Å². The van der Waals surface area contributed by atoms with Crippen LogP contribution < -0.4 is 20.4 Å². The van der Waals surface area contributed by atoms with Gasteiger partial charge in [0.25, 0.3) is 0 Å². The molecule has 0 N–H and O–H groups in total. The average Bonchev–Trinajstić information content (AvgIpc) is 3.03. The lowest BCUT2D eigenvalue weighted by molar-refractivity contribution is -0.0843. The zero-order chi connectivity index (χ0) is 28.1. The quantitative estimate of drug-likeness (QED) is 0.230. The average molecular weight is 548 g/mol. The van der Waals surface area contributed by atoms with Crippen molar-refractivity contribution >= 4 is 25.2 Å². The second kappa shape index (κ2) is 12.1. The number of hydrogen-bond donors (Lipinski definition) is 0. The van der Waals surface area contributed by atoms with Gasteiger partial charge in [0.2, 0.25) is 0 Å². The Kier molecular flexibility index (Phi) is 8.17. The summed E-state index contributed by atoms with van der Waals surface area (Å²) in [5.74, 6) is 0.0457. The standard InChI is InChI=1S/C33H34B2O6/c1-32(2)24-38-35(39-25-32)29-16-20-31(21-17-29)41-33(26-10-5-3-6-11-26,27-12-7-4-8-13-27)40-30-18-14-28(15-19-30)34-36-22-9-23-37-34/h3-8,10-21H,9,22-25H2,1-2H3. The second-order valence-corrected chi connectivity index (χ2v) is 11.2. The van der Waals surface area contributed by atoms with Gasteiger partial charge in [-0.15, -0.1) is 0 Å². The van der Waals surface area contributed by atoms with Crippen molar-refractivity contribution < 1.29 is 28.1 Å². The fraction of sp³-hybridized carbons (Fsp3) is 0.273. The molecule has 0 unspecified atom stereocenters. The summed E-state index contributed by atoms with van der Waals surface area (Å²) in [5, 5.41) is 0. The third-order valence-corrected chi connectivity index (χ3v) is 7.21. The van der Waals surface area contributed by atoms with E-state index in [0.29, 0.717) is 37.9 Å². The first-order chi connectivity index (χ1) is 20.0. The van der Waals surface area contributed by atoms with Gasteiger partial charge in [-0.05, 0) is 41.6 Å². The number of benzene rings is 4. The zero-order valence-corrected chi connectivity index (χ0v) is 23.5. The van der Waals surface area contributed by atoms with Gasteiger partial charge in [0.15, 0.2) is 0 Å². The minimum absolute atomic E-state index is 0.0104. The predicted molar refractivity (Wildman–Crippen MR) is 161 cm³/mol. The van der Waals surface area contributed by atoms with Crippen LogP contribution in [0.3, 0.4) is 0 Å². The lowest BCUT2D eigenvalue weighted by Crippen LogP contribution is -2.47. The molecule has 6 rings (SSSR count). The number of hydrogen-bond acceptors (Lipinski definition) is 6. The first-order valence-corrected chi connectivity index (χ1v) is 14.2. The molecule has 2 heterocycles. The highest BCUT2D eigenvalue weighted by molar-refractivity contribution is 6.61. The van der Waals surface area contributed by atoms with Crippen molar-refractivity contribution in [2.75, 3.05) is 26.4 Å². The molecule has 8 heteroatoms. The maximum atomic E-state index is 6.85. The van der Waals surface area contributed by atoms with Crippen LogP contribution in [-0.2, 0) is 24.4 Å². The van der Waals surface area contributed by atoms with Gasteiger partial charge in [0.05, 0.1) is 0 Å². The van der Waals surface area contributed by atoms with Crippen LogP contribution in [0.1, 0.15) is 31.4 Å². The molecular formula is C33H34B2O6. The van der Waals surface area contributed by atoms with Crippen LogP contribution in [0.4, 0.5) is 0 Å². The molecule has 2 saturated heterocycles. The minimum atomic E-state index is -1.26. The molecule has 2 fully saturated rings. The van der Waals surface area contributed by atoms with Crippen LogP contribution in [0, 0.1) is 5.41 Å². The molecule has 208 valence electrons. The summed E-state index contributed by atoms with van der Waals surface area (Å²) in [4.78, 5) is 0. The Morgan fingerprint density at radius 1 is 0.561 bits per heavy atom. The highest BCUT2D eigenvalue weighted by Gasteiger charge is 2.40. The summed E-state index contributed by atoms with van der Waals surface area (Å²) < 4.78 is 37.2. The van der Waals surface area contributed by atoms with E-state index in [4.69, 9.17) is 28.1 Å². The summed E-state index contributed by atoms with van der Waals surface area (Å²) in [7, 11) is -0.749. The fourth-order valence-corrected chi connectivity index (χ4v) is 5.02. The highest BCUT2D eigenvalue weighted by atomic mass is 16.7. The Morgan fingerprint density at radius 2 is 0.976 bits per heavy atom. The summed E-state index contributed by atoms with van der Waals surface area (Å²) in [6, 6.07) is 35.7. The van der Waals surface area contributed by atoms with Gasteiger partial charge in [0.1, 0.15) is 11.5 Å². The smallest absolute Gasteiger partial charge is 0.444 e. The monoisotopic (exact) mass is 548 g/mol. The zero-order valence-electron chi connectivity index (χ0n) is 23.5. The molecule has 0 aliphatic carbocycles. The van der Waals surface area contributed by atoms with Gasteiger partial charge in [-0.25, -0.2) is 0 Å². The predicted octanol–water partition coefficient (Wildman–Crippen LogP) is 4.95. The molecule has 0 aromatic heterocycles. The van der Waals surface area contributed by atoms with Gasteiger partial charge < -0.3 is 28.1 Å². The molecule has 0 spiro atoms. The van der Waals surface area contributed by atoms with Crippen molar-refractivity contribution in [2.24, 2.45) is 5.41 Å². The Labute approximate surface area is 242 Å². The molecule has 4 aromatic carbocycles. The summed E-state index contributed by atoms with van der Waals surface area (Å²) in [6.45, 7) is 6.95. The van der Waals surface area contributed by atoms with Crippen molar-refractivity contribution in [3.63, 3.8) is 0 Å². The van der Waals surface area contributed by atoms with E-state index in [0.717, 1.165) is 28.5 Å². The normalized spacial score (nSPS) is 17.2. The van der Waals surface area contributed by atoms with E-state index < -0.39 is 12.9 Å². The van der Waals surface area contributed by atoms with Crippen molar-refractivity contribution in [2.45, 2.75) is 26.1 Å². The van der Waals surface area contributed by atoms with Gasteiger partial charge in [-0.1, -0.05) is 98.8 Å². The van der Waals surface area contributed by atoms with E-state index in [9.17, 15) is 0 Å². The lowest BCUT2D eigenvalue weighted by atomic mass is 9.76. The van der Waals surface area contributed by atoms with Crippen LogP contribution in [0.5, 0.6) is 11.5 Å². The van der Waals surface area contributed by atoms with Gasteiger partial charge in [0, 0.05) is 43.0 Å². The molecule has 41 heavy (non-hydrogen) atoms. The fourth-order valence-electron chi connectivity index (χ4n) is 5.02. The Hall–Kier alpha value is -3.55. The van der Waals surface area contributed by atoms with E-state index in [1.165, 1.54) is 0 Å². The molecule has 0 atom stereocenters. The summed E-state index contributed by atoms with van der Waals surface area (Å²) in [6.07, 6.45) is 0.908. The van der Waals surface area contributed by atoms with E-state index in [1.54, 1.807) is 0 Å². The van der Waals surface area contributed by atoms with Crippen LogP contribution in [-0.4, -0.2) is 40.7 Å². The maximum absolute atomic E-state index is 6.85. The van der Waals surface area contributed by atoms with Crippen molar-refractivity contribution in [3.8, 4) is 11.5 Å². The topological polar surface area (TPSA) is 55.4 Å². The van der Waals surface area contributed by atoms with Crippen LogP contribution >= 0.6 is 0 Å². The maximum Gasteiger partial charge on any atom is 0.493 e. The molecular weight excluding hydrogens is 514 g/mol. The van der Waals surface area contributed by atoms with Crippen molar-refractivity contribution in [3.05, 3.63) is 120 Å². The molecule has 2 aliphatic rings. The number of rotatable bonds is 8. The van der Waals surface area contributed by atoms with E-state index in [-0.39, 0.29) is 12.5 Å². The Balaban J connectivity index is 1.32. The van der Waals surface area contributed by atoms with E-state index in [1.807, 2.05) is 109 Å². The highest BCUT2D eigenvalue weighted by Crippen LogP contribution is 2.37. The van der Waals surface area contributed by atoms with Gasteiger partial charge >= 0.3 is 20.0 Å². The first kappa shape index (κ1) is 27.6. The van der Waals surface area contributed by atoms with Crippen LogP contribution in [0.2, 0.25) is 0 Å². The lowest BCUT2D eigenvalue weighted by Gasteiger charge is -2.36. The van der Waals surface area contributed by atoms with Crippen molar-refractivity contribution in [1.29, 1.82) is 0 Å². The van der Waals surface area contributed by atoms with E-state index in [2.05, 4.69) is 13.8 Å². The third kappa shape index (κ3) is 6.36. The Morgan fingerprint density at radius 3 is 1.41 bits per heavy atom. The molecule has 4 aromatic rings. The van der Waals surface area contributed by atoms with Crippen LogP contribution in [0.25, 0.3) is 0 Å². The first-order valence-electron chi connectivity index (χ1n) is 14.2. The second-order valence-electron chi connectivity index (χ2n) is 11.2.